The van der Waals surface area contributed by atoms with Crippen molar-refractivity contribution < 1.29 is 4.74 Å². The van der Waals surface area contributed by atoms with E-state index >= 15 is 0 Å². The fourth-order valence-corrected chi connectivity index (χ4v) is 1.69. The van der Waals surface area contributed by atoms with Gasteiger partial charge in [0.1, 0.15) is 5.76 Å². The van der Waals surface area contributed by atoms with Crippen molar-refractivity contribution in [3.63, 3.8) is 0 Å². The van der Waals surface area contributed by atoms with Crippen LogP contribution < -0.4 is 5.32 Å². The topological polar surface area (TPSA) is 21.3 Å². The van der Waals surface area contributed by atoms with Crippen molar-refractivity contribution >= 4 is 33.9 Å². The van der Waals surface area contributed by atoms with Gasteiger partial charge >= 0.3 is 0 Å². The van der Waals surface area contributed by atoms with Gasteiger partial charge in [-0.05, 0) is 29.1 Å². The number of ether oxygens (including phenoxy) is 1. The van der Waals surface area contributed by atoms with Crippen molar-refractivity contribution in [3.05, 3.63) is 54.6 Å². The molecule has 0 heterocycles. The van der Waals surface area contributed by atoms with Gasteiger partial charge in [-0.2, -0.15) is 0 Å². The summed E-state index contributed by atoms with van der Waals surface area (Å²) >= 11 is 4.93. The van der Waals surface area contributed by atoms with Crippen LogP contribution in [0, 0.1) is 0 Å². The van der Waals surface area contributed by atoms with E-state index < -0.39 is 0 Å². The van der Waals surface area contributed by atoms with Gasteiger partial charge < -0.3 is 10.1 Å². The van der Waals surface area contributed by atoms with Crippen LogP contribution in [0.4, 0.5) is 0 Å². The molecule has 86 valence electrons. The van der Waals surface area contributed by atoms with E-state index in [1.807, 2.05) is 30.3 Å². The predicted molar refractivity (Wildman–Crippen MR) is 75.7 cm³/mol. The predicted octanol–water partition coefficient (Wildman–Crippen LogP) is 3.33. The average Bonchev–Trinajstić information content (AvgIpc) is 2.38. The molecule has 17 heavy (non-hydrogen) atoms. The van der Waals surface area contributed by atoms with Gasteiger partial charge in [0.15, 0.2) is 0 Å². The summed E-state index contributed by atoms with van der Waals surface area (Å²) < 4.78 is 5.36. The minimum Gasteiger partial charge on any atom is -0.432 e. The molecule has 0 aromatic heterocycles. The molecule has 0 spiro atoms. The number of benzene rings is 2. The molecule has 3 heteroatoms. The van der Waals surface area contributed by atoms with E-state index in [1.54, 1.807) is 7.05 Å². The Morgan fingerprint density at radius 2 is 1.88 bits per heavy atom. The summed E-state index contributed by atoms with van der Waals surface area (Å²) in [5.74, 6) is 0.551. The van der Waals surface area contributed by atoms with Gasteiger partial charge in [0, 0.05) is 12.6 Å². The number of hydrogen-bond donors (Lipinski definition) is 1. The van der Waals surface area contributed by atoms with E-state index in [-0.39, 0.29) is 0 Å². The number of rotatable bonds is 2. The summed E-state index contributed by atoms with van der Waals surface area (Å²) in [6.45, 7) is 3.87. The summed E-state index contributed by atoms with van der Waals surface area (Å²) in [5.41, 5.74) is 0.932. The van der Waals surface area contributed by atoms with Crippen LogP contribution in [0.2, 0.25) is 0 Å². The Labute approximate surface area is 106 Å². The molecule has 0 radical (unpaired) electrons. The largest absolute Gasteiger partial charge is 0.432 e. The Balaban J connectivity index is 2.30. The summed E-state index contributed by atoms with van der Waals surface area (Å²) in [4.78, 5) is 0. The molecule has 2 aromatic rings. The van der Waals surface area contributed by atoms with E-state index in [0.717, 1.165) is 10.9 Å². The summed E-state index contributed by atoms with van der Waals surface area (Å²) in [6.07, 6.45) is 0. The Morgan fingerprint density at radius 3 is 2.59 bits per heavy atom. The Morgan fingerprint density at radius 1 is 1.18 bits per heavy atom. The van der Waals surface area contributed by atoms with Crippen LogP contribution in [0.15, 0.2) is 49.0 Å². The van der Waals surface area contributed by atoms with Crippen LogP contribution in [0.3, 0.4) is 0 Å². The van der Waals surface area contributed by atoms with Crippen LogP contribution >= 0.6 is 12.2 Å². The van der Waals surface area contributed by atoms with E-state index in [0.29, 0.717) is 10.9 Å². The van der Waals surface area contributed by atoms with Crippen molar-refractivity contribution in [1.82, 2.24) is 5.32 Å². The second-order valence-corrected chi connectivity index (χ2v) is 4.00. The first-order valence-corrected chi connectivity index (χ1v) is 5.69. The van der Waals surface area contributed by atoms with Gasteiger partial charge in [-0.25, -0.2) is 0 Å². The smallest absolute Gasteiger partial charge is 0.261 e. The van der Waals surface area contributed by atoms with E-state index in [1.165, 1.54) is 5.39 Å². The highest BCUT2D eigenvalue weighted by molar-refractivity contribution is 7.80. The maximum atomic E-state index is 5.36. The van der Waals surface area contributed by atoms with Crippen molar-refractivity contribution in [2.75, 3.05) is 7.05 Å². The van der Waals surface area contributed by atoms with Gasteiger partial charge in [0.2, 0.25) is 0 Å². The minimum absolute atomic E-state index is 0.322. The maximum absolute atomic E-state index is 5.36. The third-order valence-electron chi connectivity index (χ3n) is 2.49. The average molecular weight is 243 g/mol. The third kappa shape index (κ3) is 2.63. The number of thiocarbonyl (C=S) groups is 1. The van der Waals surface area contributed by atoms with E-state index in [9.17, 15) is 0 Å². The molecule has 0 bridgehead atoms. The Kier molecular flexibility index (Phi) is 3.40. The molecule has 0 fully saturated rings. The molecule has 0 saturated carbocycles. The summed E-state index contributed by atoms with van der Waals surface area (Å²) in [6, 6.07) is 14.2. The molecule has 0 aliphatic rings. The zero-order chi connectivity index (χ0) is 12.3. The standard InChI is InChI=1S/C14H13NOS/c1-10(16-14(17)15-2)12-8-7-11-5-3-4-6-13(11)9-12/h3-9H,1H2,2H3,(H,15,17). The van der Waals surface area contributed by atoms with Crippen LogP contribution in [0.5, 0.6) is 0 Å². The second-order valence-electron chi connectivity index (χ2n) is 3.62. The van der Waals surface area contributed by atoms with Gasteiger partial charge in [0.05, 0.1) is 0 Å². The first-order chi connectivity index (χ1) is 8.20. The third-order valence-corrected chi connectivity index (χ3v) is 2.78. The molecule has 0 amide bonds. The van der Waals surface area contributed by atoms with Gasteiger partial charge in [0.25, 0.3) is 5.17 Å². The van der Waals surface area contributed by atoms with Gasteiger partial charge in [-0.1, -0.05) is 43.0 Å². The molecular formula is C14H13NOS. The summed E-state index contributed by atoms with van der Waals surface area (Å²) in [5, 5.41) is 5.43. The molecule has 0 atom stereocenters. The van der Waals surface area contributed by atoms with Crippen LogP contribution in [0.1, 0.15) is 5.56 Å². The fourth-order valence-electron chi connectivity index (χ4n) is 1.58. The number of hydrogen-bond acceptors (Lipinski definition) is 2. The monoisotopic (exact) mass is 243 g/mol. The molecule has 1 N–H and O–H groups in total. The maximum Gasteiger partial charge on any atom is 0.261 e. The van der Waals surface area contributed by atoms with Gasteiger partial charge in [-0.15, -0.1) is 0 Å². The highest BCUT2D eigenvalue weighted by atomic mass is 32.1. The molecule has 0 aliphatic heterocycles. The molecule has 2 rings (SSSR count). The highest BCUT2D eigenvalue weighted by Crippen LogP contribution is 2.20. The number of fused-ring (bicyclic) bond motifs is 1. The Bertz CT molecular complexity index is 577. The lowest BCUT2D eigenvalue weighted by molar-refractivity contribution is 0.501. The zero-order valence-corrected chi connectivity index (χ0v) is 10.4. The molecule has 2 aromatic carbocycles. The van der Waals surface area contributed by atoms with Crippen molar-refractivity contribution in [1.29, 1.82) is 0 Å². The molecule has 0 aliphatic carbocycles. The van der Waals surface area contributed by atoms with E-state index in [4.69, 9.17) is 17.0 Å². The first-order valence-electron chi connectivity index (χ1n) is 5.28. The van der Waals surface area contributed by atoms with Crippen LogP contribution in [-0.4, -0.2) is 12.2 Å². The Hall–Kier alpha value is -1.87. The highest BCUT2D eigenvalue weighted by Gasteiger charge is 2.03. The fraction of sp³-hybridized carbons (Fsp3) is 0.0714. The molecule has 2 nitrogen and oxygen atoms in total. The summed E-state index contributed by atoms with van der Waals surface area (Å²) in [7, 11) is 1.72. The number of nitrogens with one attached hydrogen (secondary N) is 1. The SMILES string of the molecule is C=C(OC(=S)NC)c1ccc2ccccc2c1. The lowest BCUT2D eigenvalue weighted by atomic mass is 10.1. The minimum atomic E-state index is 0.322. The van der Waals surface area contributed by atoms with E-state index in [2.05, 4.69) is 24.0 Å². The van der Waals surface area contributed by atoms with Crippen molar-refractivity contribution in [3.8, 4) is 0 Å². The first kappa shape index (κ1) is 11.6. The van der Waals surface area contributed by atoms with Crippen LogP contribution in [0.25, 0.3) is 16.5 Å². The normalized spacial score (nSPS) is 9.94. The van der Waals surface area contributed by atoms with Gasteiger partial charge in [-0.3, -0.25) is 0 Å². The van der Waals surface area contributed by atoms with Crippen molar-refractivity contribution in [2.24, 2.45) is 0 Å². The molecule has 0 saturated heterocycles. The molecule has 0 unspecified atom stereocenters. The van der Waals surface area contributed by atoms with Crippen LogP contribution in [-0.2, 0) is 4.74 Å². The lowest BCUT2D eigenvalue weighted by Crippen LogP contribution is -2.17. The lowest BCUT2D eigenvalue weighted by Gasteiger charge is -2.09. The zero-order valence-electron chi connectivity index (χ0n) is 9.57. The quantitative estimate of drug-likeness (QED) is 0.645. The second kappa shape index (κ2) is 4.97. The van der Waals surface area contributed by atoms with Crippen molar-refractivity contribution in [2.45, 2.75) is 0 Å². The molecular weight excluding hydrogens is 230 g/mol.